The molecule has 0 N–H and O–H groups in total. The predicted molar refractivity (Wildman–Crippen MR) is 609 cm³/mol. The van der Waals surface area contributed by atoms with E-state index in [0.717, 1.165) is 61.8 Å². The van der Waals surface area contributed by atoms with Crippen LogP contribution in [0.25, 0.3) is 33.4 Å². The monoisotopic (exact) mass is 1820 g/mol. The van der Waals surface area contributed by atoms with Gasteiger partial charge in [0.1, 0.15) is 0 Å². The van der Waals surface area contributed by atoms with E-state index < -0.39 is 0 Å². The van der Waals surface area contributed by atoms with Gasteiger partial charge in [-0.25, -0.2) is 0 Å². The van der Waals surface area contributed by atoms with Gasteiger partial charge in [-0.1, -0.05) is 326 Å². The molecule has 0 saturated carbocycles. The van der Waals surface area contributed by atoms with Crippen molar-refractivity contribution in [1.82, 2.24) is 0 Å². The van der Waals surface area contributed by atoms with Gasteiger partial charge < -0.3 is 29.4 Å². The van der Waals surface area contributed by atoms with Crippen LogP contribution in [0.2, 0.25) is 0 Å². The van der Waals surface area contributed by atoms with E-state index in [0.29, 0.717) is 5.92 Å². The van der Waals surface area contributed by atoms with Crippen molar-refractivity contribution >= 4 is 172 Å². The van der Waals surface area contributed by atoms with Crippen molar-refractivity contribution in [2.24, 2.45) is 0 Å². The smallest absolute Gasteiger partial charge is 0.252 e. The zero-order valence-corrected chi connectivity index (χ0v) is 87.1. The molecule has 0 fully saturated rings. The summed E-state index contributed by atoms with van der Waals surface area (Å²) in [5.41, 5.74) is 54.1. The van der Waals surface area contributed by atoms with Crippen LogP contribution in [0.15, 0.2) is 309 Å². The molecule has 0 amide bonds. The Balaban J connectivity index is 0.863. The number of aryl methyl sites for hydroxylation is 5. The van der Waals surface area contributed by atoms with Crippen LogP contribution >= 0.6 is 0 Å². The molecule has 0 aromatic heterocycles. The molecular formula is C131H133B3N6. The summed E-state index contributed by atoms with van der Waals surface area (Å²) in [4.78, 5) is 15.9. The third kappa shape index (κ3) is 15.4. The molecule has 6 aliphatic heterocycles. The highest BCUT2D eigenvalue weighted by Crippen LogP contribution is 2.56. The summed E-state index contributed by atoms with van der Waals surface area (Å²) >= 11 is 0. The Labute approximate surface area is 835 Å². The molecule has 0 bridgehead atoms. The van der Waals surface area contributed by atoms with Gasteiger partial charge >= 0.3 is 0 Å². The number of hydrogen-bond acceptors (Lipinski definition) is 6. The highest BCUT2D eigenvalue weighted by Gasteiger charge is 2.50. The Bertz CT molecular complexity index is 7630. The van der Waals surface area contributed by atoms with E-state index in [1.54, 1.807) is 0 Å². The molecule has 0 aliphatic carbocycles. The van der Waals surface area contributed by atoms with Crippen molar-refractivity contribution in [3.05, 3.63) is 376 Å². The van der Waals surface area contributed by atoms with Crippen molar-refractivity contribution in [1.29, 1.82) is 0 Å². The van der Waals surface area contributed by atoms with Gasteiger partial charge in [-0.15, -0.1) is 0 Å². The van der Waals surface area contributed by atoms with Gasteiger partial charge in [0.15, 0.2) is 0 Å². The lowest BCUT2D eigenvalue weighted by molar-refractivity contribution is 0.590. The molecule has 16 aromatic rings. The average Bonchev–Trinajstić information content (AvgIpc) is 0.701. The number of hydrogen-bond donors (Lipinski definition) is 0. The Morgan fingerprint density at radius 2 is 0.464 bits per heavy atom. The van der Waals surface area contributed by atoms with Crippen molar-refractivity contribution in [3.63, 3.8) is 0 Å². The van der Waals surface area contributed by atoms with Crippen LogP contribution in [0, 0.1) is 34.6 Å². The third-order valence-electron chi connectivity index (χ3n) is 31.4. The van der Waals surface area contributed by atoms with E-state index >= 15 is 0 Å². The molecule has 1 atom stereocenters. The van der Waals surface area contributed by atoms with Gasteiger partial charge in [0.25, 0.3) is 20.1 Å². The molecule has 6 nitrogen and oxygen atoms in total. The quantitative estimate of drug-likeness (QED) is 0.106. The second kappa shape index (κ2) is 33.4. The summed E-state index contributed by atoms with van der Waals surface area (Å²) in [7, 11) is 0. The minimum absolute atomic E-state index is 0.0290. The maximum absolute atomic E-state index is 2.70. The lowest BCUT2D eigenvalue weighted by Crippen LogP contribution is -2.61. The summed E-state index contributed by atoms with van der Waals surface area (Å²) in [6.07, 6.45) is 3.57. The Morgan fingerprint density at radius 1 is 0.229 bits per heavy atom. The molecule has 6 heterocycles. The molecule has 22 rings (SSSR count). The van der Waals surface area contributed by atoms with E-state index in [4.69, 9.17) is 0 Å². The highest BCUT2D eigenvalue weighted by atomic mass is 15.2. The van der Waals surface area contributed by atoms with Gasteiger partial charge in [-0.05, 0) is 347 Å². The molecule has 696 valence electrons. The number of benzene rings is 16. The Morgan fingerprint density at radius 3 is 0.721 bits per heavy atom. The number of fused-ring (bicyclic) bond motifs is 12. The molecule has 1 unspecified atom stereocenters. The van der Waals surface area contributed by atoms with E-state index in [9.17, 15) is 0 Å². The van der Waals surface area contributed by atoms with Gasteiger partial charge in [-0.3, -0.25) is 0 Å². The number of para-hydroxylation sites is 3. The highest BCUT2D eigenvalue weighted by molar-refractivity contribution is 7.02. The van der Waals surface area contributed by atoms with Crippen molar-refractivity contribution in [3.8, 4) is 33.4 Å². The second-order valence-corrected chi connectivity index (χ2v) is 47.8. The number of unbranched alkanes of at least 4 members (excludes halogenated alkanes) is 1. The standard InChI is InChI=1S/C131H133B3N6/c1-26-27-31-85(7)86-42-57-97(58-43-86)136-112-66-51-94(130(20,21)22)78-109(112)133-106-36-29-33-103(124(106)139(118-72-83(5)69-115(136)121(118)133)100-61-46-91(47-62-100)127(11,12)13)88-74-87(102-32-28-35-105-123(102)138(99-55-40-81(3)41-56-99)117-71-82(4)68-114-120(117)132(105)108-77-93(129(17,18)19)50-65-111(108)135(114)96-53-38-80(2)39-54-96)75-89(76-88)104-34-30-37-107-125(104)140(101-63-48-92(49-64-101)128(14,15)16)119-73-84(6)70-116-122(119)134(107)110-79-95(131(23,24)25)52-67-113(110)137(116)98-59-44-90(45-60-98)126(8,9)10/h28-30,32-79,85H,26-27,31H2,1-25H3. The van der Waals surface area contributed by atoms with Gasteiger partial charge in [0.05, 0.1) is 0 Å². The van der Waals surface area contributed by atoms with E-state index in [1.165, 1.54) is 209 Å². The summed E-state index contributed by atoms with van der Waals surface area (Å²) in [6.45, 7) is 58.0. The molecule has 16 aromatic carbocycles. The average molecular weight is 1820 g/mol. The summed E-state index contributed by atoms with van der Waals surface area (Å²) in [6, 6.07) is 124. The Hall–Kier alpha value is -13.5. The summed E-state index contributed by atoms with van der Waals surface area (Å²) < 4.78 is 0. The van der Waals surface area contributed by atoms with Crippen molar-refractivity contribution in [2.45, 2.75) is 231 Å². The van der Waals surface area contributed by atoms with Crippen LogP contribution in [0.1, 0.15) is 230 Å². The first kappa shape index (κ1) is 91.6. The fourth-order valence-electron chi connectivity index (χ4n) is 23.7. The molecule has 0 spiro atoms. The van der Waals surface area contributed by atoms with Crippen LogP contribution in [0.5, 0.6) is 0 Å². The van der Waals surface area contributed by atoms with E-state index in [1.807, 2.05) is 0 Å². The zero-order chi connectivity index (χ0) is 97.9. The first-order chi connectivity index (χ1) is 66.6. The van der Waals surface area contributed by atoms with Gasteiger partial charge in [0.2, 0.25) is 0 Å². The minimum atomic E-state index is -0.179. The second-order valence-electron chi connectivity index (χ2n) is 47.8. The fraction of sp³-hybridized carbons (Fsp3) is 0.267. The minimum Gasteiger partial charge on any atom is -0.311 e. The van der Waals surface area contributed by atoms with Gasteiger partial charge in [-0.2, -0.15) is 0 Å². The van der Waals surface area contributed by atoms with Crippen LogP contribution in [0.4, 0.5) is 102 Å². The normalized spacial score (nSPS) is 14.2. The number of rotatable bonds is 13. The van der Waals surface area contributed by atoms with Crippen LogP contribution in [0.3, 0.4) is 0 Å². The SMILES string of the molecule is CCCCC(C)c1ccc(N2c3ccc(C(C)(C)C)cc3B3c4cccc(-c5cc(-c6cccc7c6N(c6ccc(C)cc6)c6cc(C)cc8c6B7c6cc(C(C)(C)C)ccc6N8c6ccc(C)cc6)cc(-c6cccc7c6N(c6ccc(C(C)(C)C)cc6)c6cc(C)cc8c6B7c6cc(C(C)(C)C)ccc6N8c6ccc(C(C)(C)C)cc6)c5)c4N(c4ccc(C(C)(C)C)cc4)c4cc(C)cc2c43)cc1. The lowest BCUT2D eigenvalue weighted by atomic mass is 9.33. The molecular weight excluding hydrogens is 1690 g/mol. The number of nitrogens with zero attached hydrogens (tertiary/aromatic N) is 6. The number of anilines is 18. The Kier molecular flexibility index (Phi) is 21.8. The first-order valence-corrected chi connectivity index (χ1v) is 51.4. The summed E-state index contributed by atoms with van der Waals surface area (Å²) in [5, 5.41) is 0. The van der Waals surface area contributed by atoms with Crippen LogP contribution in [-0.4, -0.2) is 20.1 Å². The molecule has 0 radical (unpaired) electrons. The molecule has 0 saturated heterocycles. The fourth-order valence-corrected chi connectivity index (χ4v) is 23.7. The maximum atomic E-state index is 2.70. The van der Waals surface area contributed by atoms with E-state index in [-0.39, 0.29) is 52.6 Å². The molecule has 6 aliphatic rings. The first-order valence-electron chi connectivity index (χ1n) is 51.4. The van der Waals surface area contributed by atoms with Crippen molar-refractivity contribution in [2.75, 3.05) is 29.4 Å². The van der Waals surface area contributed by atoms with E-state index in [2.05, 4.69) is 512 Å². The molecule has 140 heavy (non-hydrogen) atoms. The van der Waals surface area contributed by atoms with Crippen LogP contribution < -0.4 is 78.6 Å². The predicted octanol–water partition coefficient (Wildman–Crippen LogP) is 30.6. The van der Waals surface area contributed by atoms with Gasteiger partial charge in [0, 0.05) is 119 Å². The topological polar surface area (TPSA) is 19.4 Å². The van der Waals surface area contributed by atoms with Crippen LogP contribution in [-0.2, 0) is 32.5 Å². The van der Waals surface area contributed by atoms with Crippen molar-refractivity contribution < 1.29 is 0 Å². The lowest BCUT2D eigenvalue weighted by Gasteiger charge is -2.46. The molecule has 9 heteroatoms. The summed E-state index contributed by atoms with van der Waals surface area (Å²) in [5.74, 6) is 0.455. The zero-order valence-electron chi connectivity index (χ0n) is 87.1. The maximum Gasteiger partial charge on any atom is 0.252 e. The third-order valence-corrected chi connectivity index (χ3v) is 31.4. The largest absolute Gasteiger partial charge is 0.311 e.